The summed E-state index contributed by atoms with van der Waals surface area (Å²) >= 11 is 3.82. The lowest BCUT2D eigenvalue weighted by Gasteiger charge is -2.01. The lowest BCUT2D eigenvalue weighted by atomic mass is 10.4. The topological polar surface area (TPSA) is 50.7 Å². The molecule has 0 amide bonds. The fraction of sp³-hybridized carbons (Fsp3) is 0.222. The zero-order valence-electron chi connectivity index (χ0n) is 8.28. The van der Waals surface area contributed by atoms with Gasteiger partial charge in [0.2, 0.25) is 0 Å². The van der Waals surface area contributed by atoms with Gasteiger partial charge in [-0.25, -0.2) is 15.0 Å². The van der Waals surface area contributed by atoms with Gasteiger partial charge < -0.3 is 5.32 Å². The Balaban J connectivity index is 2.26. The maximum Gasteiger partial charge on any atom is 0.188 e. The summed E-state index contributed by atoms with van der Waals surface area (Å²) in [5.74, 6) is 0.805. The van der Waals surface area contributed by atoms with E-state index in [2.05, 4.69) is 49.8 Å². The Bertz CT molecular complexity index is 463. The molecule has 78 valence electrons. The smallest absolute Gasteiger partial charge is 0.188 e. The van der Waals surface area contributed by atoms with Crippen molar-refractivity contribution in [1.82, 2.24) is 15.0 Å². The summed E-state index contributed by atoms with van der Waals surface area (Å²) in [5, 5.41) is 4.06. The van der Waals surface area contributed by atoms with E-state index in [1.807, 2.05) is 6.92 Å². The summed E-state index contributed by atoms with van der Waals surface area (Å²) in [4.78, 5) is 13.7. The van der Waals surface area contributed by atoms with Gasteiger partial charge in [-0.05, 0) is 36.4 Å². The van der Waals surface area contributed by atoms with Crippen molar-refractivity contribution in [2.75, 3.05) is 5.32 Å². The minimum absolute atomic E-state index is 0.805. The van der Waals surface area contributed by atoms with Crippen LogP contribution in [0.25, 0.3) is 0 Å². The third-order valence-electron chi connectivity index (χ3n) is 1.92. The fourth-order valence-corrected chi connectivity index (χ4v) is 2.28. The Morgan fingerprint density at radius 2 is 2.20 bits per heavy atom. The first-order valence-corrected chi connectivity index (χ1v) is 6.23. The van der Waals surface area contributed by atoms with Crippen LogP contribution in [0.15, 0.2) is 12.5 Å². The van der Waals surface area contributed by atoms with E-state index in [1.54, 1.807) is 17.5 Å². The molecule has 15 heavy (non-hydrogen) atoms. The van der Waals surface area contributed by atoms with E-state index in [9.17, 15) is 0 Å². The number of hydrogen-bond acceptors (Lipinski definition) is 5. The van der Waals surface area contributed by atoms with Gasteiger partial charge in [-0.15, -0.1) is 11.3 Å². The Morgan fingerprint density at radius 3 is 2.80 bits per heavy atom. The van der Waals surface area contributed by atoms with Crippen molar-refractivity contribution in [1.29, 1.82) is 0 Å². The molecule has 1 N–H and O–H groups in total. The second-order valence-corrected chi connectivity index (χ2v) is 5.37. The molecule has 2 aromatic rings. The summed E-state index contributed by atoms with van der Waals surface area (Å²) in [5.41, 5.74) is 1.06. The lowest BCUT2D eigenvalue weighted by Crippen LogP contribution is -1.96. The Hall–Kier alpha value is -0.760. The van der Waals surface area contributed by atoms with Crippen molar-refractivity contribution in [3.8, 4) is 0 Å². The standard InChI is InChI=1S/C9H9IN4S/c1-5-6(2)15-9(13-5)14-8-7(10)3-11-4-12-8/h3-4H,1-2H3,(H,11,12,13,14). The summed E-state index contributed by atoms with van der Waals surface area (Å²) < 4.78 is 0.987. The Morgan fingerprint density at radius 1 is 1.40 bits per heavy atom. The van der Waals surface area contributed by atoms with Gasteiger partial charge in [-0.2, -0.15) is 0 Å². The zero-order chi connectivity index (χ0) is 10.8. The van der Waals surface area contributed by atoms with E-state index < -0.39 is 0 Å². The van der Waals surface area contributed by atoms with Crippen molar-refractivity contribution >= 4 is 44.9 Å². The van der Waals surface area contributed by atoms with Gasteiger partial charge in [0.15, 0.2) is 5.13 Å². The van der Waals surface area contributed by atoms with E-state index in [-0.39, 0.29) is 0 Å². The predicted octanol–water partition coefficient (Wildman–Crippen LogP) is 2.90. The number of hydrogen-bond donors (Lipinski definition) is 1. The normalized spacial score (nSPS) is 10.3. The highest BCUT2D eigenvalue weighted by molar-refractivity contribution is 14.1. The van der Waals surface area contributed by atoms with Gasteiger partial charge in [-0.3, -0.25) is 0 Å². The van der Waals surface area contributed by atoms with Crippen LogP contribution >= 0.6 is 33.9 Å². The first-order chi connectivity index (χ1) is 7.16. The molecule has 6 heteroatoms. The van der Waals surface area contributed by atoms with Crippen LogP contribution in [-0.4, -0.2) is 15.0 Å². The van der Waals surface area contributed by atoms with Crippen LogP contribution in [0, 0.1) is 17.4 Å². The van der Waals surface area contributed by atoms with Gasteiger partial charge in [0.25, 0.3) is 0 Å². The number of nitrogens with zero attached hydrogens (tertiary/aromatic N) is 3. The highest BCUT2D eigenvalue weighted by Crippen LogP contribution is 2.25. The minimum atomic E-state index is 0.805. The van der Waals surface area contributed by atoms with Crippen molar-refractivity contribution in [2.24, 2.45) is 0 Å². The molecule has 0 atom stereocenters. The highest BCUT2D eigenvalue weighted by Gasteiger charge is 2.06. The van der Waals surface area contributed by atoms with Crippen LogP contribution in [0.1, 0.15) is 10.6 Å². The number of nitrogens with one attached hydrogen (secondary N) is 1. The second-order valence-electron chi connectivity index (χ2n) is 3.00. The van der Waals surface area contributed by atoms with Gasteiger partial charge in [-0.1, -0.05) is 0 Å². The summed E-state index contributed by atoms with van der Waals surface area (Å²) in [6, 6.07) is 0. The minimum Gasteiger partial charge on any atom is -0.315 e. The van der Waals surface area contributed by atoms with Crippen LogP contribution in [-0.2, 0) is 0 Å². The number of thiazole rings is 1. The largest absolute Gasteiger partial charge is 0.315 e. The molecule has 0 aromatic carbocycles. The molecule has 0 bridgehead atoms. The molecule has 0 aliphatic heterocycles. The van der Waals surface area contributed by atoms with E-state index in [0.29, 0.717) is 0 Å². The highest BCUT2D eigenvalue weighted by atomic mass is 127. The zero-order valence-corrected chi connectivity index (χ0v) is 11.3. The van der Waals surface area contributed by atoms with Crippen molar-refractivity contribution in [2.45, 2.75) is 13.8 Å². The molecule has 2 heterocycles. The molecular formula is C9H9IN4S. The summed E-state index contributed by atoms with van der Waals surface area (Å²) in [6.45, 7) is 4.06. The molecule has 0 fully saturated rings. The molecule has 0 saturated heterocycles. The average molecular weight is 332 g/mol. The molecule has 0 saturated carbocycles. The number of rotatable bonds is 2. The van der Waals surface area contributed by atoms with Crippen molar-refractivity contribution < 1.29 is 0 Å². The number of halogens is 1. The number of anilines is 2. The van der Waals surface area contributed by atoms with E-state index in [1.165, 1.54) is 11.2 Å². The number of aromatic nitrogens is 3. The SMILES string of the molecule is Cc1nc(Nc2ncncc2I)sc1C. The van der Waals surface area contributed by atoms with Crippen LogP contribution in [0.5, 0.6) is 0 Å². The fourth-order valence-electron chi connectivity index (χ4n) is 1.03. The van der Waals surface area contributed by atoms with E-state index in [0.717, 1.165) is 20.2 Å². The first kappa shape index (κ1) is 10.7. The van der Waals surface area contributed by atoms with Crippen LogP contribution < -0.4 is 5.32 Å². The second kappa shape index (κ2) is 4.40. The van der Waals surface area contributed by atoms with Gasteiger partial charge in [0.05, 0.1) is 9.26 Å². The molecule has 0 aliphatic carbocycles. The average Bonchev–Trinajstić information content (AvgIpc) is 2.50. The molecule has 0 aliphatic rings. The van der Waals surface area contributed by atoms with Gasteiger partial charge in [0.1, 0.15) is 12.1 Å². The first-order valence-electron chi connectivity index (χ1n) is 4.33. The summed E-state index contributed by atoms with van der Waals surface area (Å²) in [6.07, 6.45) is 3.29. The predicted molar refractivity (Wildman–Crippen MR) is 69.6 cm³/mol. The lowest BCUT2D eigenvalue weighted by molar-refractivity contribution is 1.14. The maximum atomic E-state index is 4.39. The quantitative estimate of drug-likeness (QED) is 0.859. The number of aryl methyl sites for hydroxylation is 2. The molecule has 0 radical (unpaired) electrons. The van der Waals surface area contributed by atoms with Gasteiger partial charge >= 0.3 is 0 Å². The van der Waals surface area contributed by atoms with Crippen LogP contribution in [0.2, 0.25) is 0 Å². The van der Waals surface area contributed by atoms with Crippen molar-refractivity contribution in [3.63, 3.8) is 0 Å². The molecule has 0 unspecified atom stereocenters. The van der Waals surface area contributed by atoms with Crippen molar-refractivity contribution in [3.05, 3.63) is 26.7 Å². The molecular weight excluding hydrogens is 323 g/mol. The molecule has 2 rings (SSSR count). The molecule has 2 aromatic heterocycles. The van der Waals surface area contributed by atoms with Crippen LogP contribution in [0.4, 0.5) is 10.9 Å². The van der Waals surface area contributed by atoms with Gasteiger partial charge in [0, 0.05) is 11.1 Å². The Kier molecular flexibility index (Phi) is 3.15. The molecule has 0 spiro atoms. The molecule has 4 nitrogen and oxygen atoms in total. The van der Waals surface area contributed by atoms with Crippen LogP contribution in [0.3, 0.4) is 0 Å². The van der Waals surface area contributed by atoms with E-state index >= 15 is 0 Å². The Labute approximate surface area is 105 Å². The third-order valence-corrected chi connectivity index (χ3v) is 3.70. The third kappa shape index (κ3) is 2.43. The summed E-state index contributed by atoms with van der Waals surface area (Å²) in [7, 11) is 0. The van der Waals surface area contributed by atoms with E-state index in [4.69, 9.17) is 0 Å². The monoisotopic (exact) mass is 332 g/mol. The maximum absolute atomic E-state index is 4.39.